The number of halogens is 2. The Kier molecular flexibility index (Phi) is 5.03. The first kappa shape index (κ1) is 14.8. The summed E-state index contributed by atoms with van der Waals surface area (Å²) in [6.07, 6.45) is 0.688. The lowest BCUT2D eigenvalue weighted by atomic mass is 10.2. The lowest BCUT2D eigenvalue weighted by Gasteiger charge is -2.15. The number of aliphatic hydroxyl groups is 1. The van der Waals surface area contributed by atoms with Crippen LogP contribution in [0.3, 0.4) is 0 Å². The van der Waals surface area contributed by atoms with Crippen molar-refractivity contribution in [2.24, 2.45) is 0 Å². The number of hydrogen-bond acceptors (Lipinski definition) is 4. The summed E-state index contributed by atoms with van der Waals surface area (Å²) in [6, 6.07) is 4.88. The van der Waals surface area contributed by atoms with Gasteiger partial charge in [-0.15, -0.1) is 0 Å². The monoisotopic (exact) mass is 279 g/mol. The Morgan fingerprint density at radius 3 is 2.22 bits per heavy atom. The molecule has 1 rings (SSSR count). The molecule has 0 fully saturated rings. The fourth-order valence-corrected chi connectivity index (χ4v) is 2.08. The van der Waals surface area contributed by atoms with Crippen molar-refractivity contribution in [3.63, 3.8) is 0 Å². The Labute approximate surface area is 105 Å². The van der Waals surface area contributed by atoms with Crippen molar-refractivity contribution in [3.8, 4) is 0 Å². The van der Waals surface area contributed by atoms with Crippen molar-refractivity contribution in [1.29, 1.82) is 0 Å². The van der Waals surface area contributed by atoms with E-state index in [4.69, 9.17) is 5.11 Å². The Morgan fingerprint density at radius 2 is 1.83 bits per heavy atom. The quantitative estimate of drug-likeness (QED) is 0.834. The molecule has 0 aliphatic heterocycles. The summed E-state index contributed by atoms with van der Waals surface area (Å²) in [5.74, 6) is -3.42. The van der Waals surface area contributed by atoms with Crippen LogP contribution in [0.5, 0.6) is 0 Å². The van der Waals surface area contributed by atoms with E-state index in [0.29, 0.717) is 12.1 Å². The van der Waals surface area contributed by atoms with Crippen LogP contribution in [0.2, 0.25) is 0 Å². The van der Waals surface area contributed by atoms with Crippen molar-refractivity contribution < 1.29 is 22.3 Å². The molecule has 0 aliphatic carbocycles. The number of aliphatic hydroxyl groups excluding tert-OH is 1. The average molecular weight is 279 g/mol. The molecule has 0 unspecified atom stereocenters. The summed E-state index contributed by atoms with van der Waals surface area (Å²) < 4.78 is 46.9. The standard InChI is InChI=1S/C11H15F2NO3S/c1-2-8(7-15)14-9-3-5-10(6-4-9)18(16,17)11(12)13/h3-6,8,11,14-15H,2,7H2,1H3/t8-/m0/s1. The third-order valence-corrected chi connectivity index (χ3v) is 3.90. The van der Waals surface area contributed by atoms with Gasteiger partial charge in [-0.1, -0.05) is 6.92 Å². The molecule has 2 N–H and O–H groups in total. The highest BCUT2D eigenvalue weighted by Gasteiger charge is 2.26. The number of benzene rings is 1. The molecule has 4 nitrogen and oxygen atoms in total. The van der Waals surface area contributed by atoms with Gasteiger partial charge in [-0.05, 0) is 30.7 Å². The van der Waals surface area contributed by atoms with Gasteiger partial charge in [-0.25, -0.2) is 8.42 Å². The van der Waals surface area contributed by atoms with Crippen molar-refractivity contribution in [1.82, 2.24) is 0 Å². The summed E-state index contributed by atoms with van der Waals surface area (Å²) in [4.78, 5) is -0.417. The van der Waals surface area contributed by atoms with Crippen LogP contribution >= 0.6 is 0 Å². The summed E-state index contributed by atoms with van der Waals surface area (Å²) in [6.45, 7) is 1.82. The van der Waals surface area contributed by atoms with Gasteiger partial charge in [0.25, 0.3) is 0 Å². The second-order valence-electron chi connectivity index (χ2n) is 3.76. The molecule has 0 spiro atoms. The molecule has 1 aromatic rings. The average Bonchev–Trinajstić information content (AvgIpc) is 2.36. The zero-order valence-corrected chi connectivity index (χ0v) is 10.6. The molecule has 0 bridgehead atoms. The van der Waals surface area contributed by atoms with Gasteiger partial charge in [0, 0.05) is 11.7 Å². The topological polar surface area (TPSA) is 66.4 Å². The second-order valence-corrected chi connectivity index (χ2v) is 5.68. The molecule has 1 aromatic carbocycles. The van der Waals surface area contributed by atoms with Crippen molar-refractivity contribution in [2.75, 3.05) is 11.9 Å². The van der Waals surface area contributed by atoms with Crippen molar-refractivity contribution in [3.05, 3.63) is 24.3 Å². The molecule has 102 valence electrons. The van der Waals surface area contributed by atoms with Gasteiger partial charge in [0.05, 0.1) is 11.5 Å². The number of sulfone groups is 1. The third kappa shape index (κ3) is 3.39. The van der Waals surface area contributed by atoms with E-state index >= 15 is 0 Å². The highest BCUT2D eigenvalue weighted by molar-refractivity contribution is 7.91. The van der Waals surface area contributed by atoms with E-state index in [1.54, 1.807) is 0 Å². The van der Waals surface area contributed by atoms with Crippen LogP contribution in [-0.2, 0) is 9.84 Å². The summed E-state index contributed by atoms with van der Waals surface area (Å²) in [5, 5.41) is 11.9. The molecule has 0 saturated carbocycles. The predicted molar refractivity (Wildman–Crippen MR) is 64.4 cm³/mol. The summed E-state index contributed by atoms with van der Waals surface area (Å²) >= 11 is 0. The maximum atomic E-state index is 12.3. The maximum absolute atomic E-state index is 12.3. The number of anilines is 1. The highest BCUT2D eigenvalue weighted by atomic mass is 32.2. The first-order valence-corrected chi connectivity index (χ1v) is 6.96. The maximum Gasteiger partial charge on any atom is 0.341 e. The number of hydrogen-bond donors (Lipinski definition) is 2. The van der Waals surface area contributed by atoms with E-state index in [-0.39, 0.29) is 12.6 Å². The van der Waals surface area contributed by atoms with Crippen LogP contribution in [0, 0.1) is 0 Å². The summed E-state index contributed by atoms with van der Waals surface area (Å²) in [5.41, 5.74) is 0.573. The number of rotatable bonds is 6. The number of nitrogens with one attached hydrogen (secondary N) is 1. The predicted octanol–water partition coefficient (Wildman–Crippen LogP) is 1.87. The van der Waals surface area contributed by atoms with E-state index in [1.807, 2.05) is 6.92 Å². The molecular weight excluding hydrogens is 264 g/mol. The lowest BCUT2D eigenvalue weighted by molar-refractivity contribution is 0.234. The zero-order valence-electron chi connectivity index (χ0n) is 9.81. The Bertz CT molecular complexity index is 470. The van der Waals surface area contributed by atoms with Gasteiger partial charge in [-0.3, -0.25) is 0 Å². The molecule has 0 heterocycles. The molecule has 0 aliphatic rings. The molecule has 0 aromatic heterocycles. The molecule has 18 heavy (non-hydrogen) atoms. The molecule has 1 atom stereocenters. The fraction of sp³-hybridized carbons (Fsp3) is 0.455. The lowest BCUT2D eigenvalue weighted by Crippen LogP contribution is -2.22. The highest BCUT2D eigenvalue weighted by Crippen LogP contribution is 2.20. The molecule has 0 amide bonds. The van der Waals surface area contributed by atoms with E-state index in [0.717, 1.165) is 12.1 Å². The minimum Gasteiger partial charge on any atom is -0.394 e. The van der Waals surface area contributed by atoms with E-state index < -0.39 is 20.5 Å². The third-order valence-electron chi connectivity index (χ3n) is 2.50. The van der Waals surface area contributed by atoms with Gasteiger partial charge in [0.1, 0.15) is 0 Å². The van der Waals surface area contributed by atoms with Crippen LogP contribution < -0.4 is 5.32 Å². The van der Waals surface area contributed by atoms with Gasteiger partial charge < -0.3 is 10.4 Å². The van der Waals surface area contributed by atoms with E-state index in [9.17, 15) is 17.2 Å². The minimum atomic E-state index is -4.54. The SMILES string of the molecule is CC[C@@H](CO)Nc1ccc(S(=O)(=O)C(F)F)cc1. The van der Waals surface area contributed by atoms with Crippen LogP contribution in [-0.4, -0.2) is 31.9 Å². The first-order chi connectivity index (χ1) is 8.41. The van der Waals surface area contributed by atoms with Crippen molar-refractivity contribution in [2.45, 2.75) is 30.0 Å². The van der Waals surface area contributed by atoms with Gasteiger partial charge >= 0.3 is 5.76 Å². The molecule has 0 radical (unpaired) electrons. The van der Waals surface area contributed by atoms with Crippen LogP contribution in [0.1, 0.15) is 13.3 Å². The van der Waals surface area contributed by atoms with Gasteiger partial charge in [-0.2, -0.15) is 8.78 Å². The molecule has 0 saturated heterocycles. The van der Waals surface area contributed by atoms with Crippen LogP contribution in [0.25, 0.3) is 0 Å². The Balaban J connectivity index is 2.87. The van der Waals surface area contributed by atoms with Crippen LogP contribution in [0.15, 0.2) is 29.2 Å². The van der Waals surface area contributed by atoms with Crippen LogP contribution in [0.4, 0.5) is 14.5 Å². The zero-order chi connectivity index (χ0) is 13.8. The van der Waals surface area contributed by atoms with Gasteiger partial charge in [0.2, 0.25) is 9.84 Å². The molecular formula is C11H15F2NO3S. The Hall–Kier alpha value is -1.21. The van der Waals surface area contributed by atoms with Crippen molar-refractivity contribution >= 4 is 15.5 Å². The fourth-order valence-electron chi connectivity index (χ4n) is 1.36. The smallest absolute Gasteiger partial charge is 0.341 e. The molecule has 7 heteroatoms. The summed E-state index contributed by atoms with van der Waals surface area (Å²) in [7, 11) is -4.54. The largest absolute Gasteiger partial charge is 0.394 e. The van der Waals surface area contributed by atoms with E-state index in [1.165, 1.54) is 12.1 Å². The number of alkyl halides is 2. The Morgan fingerprint density at radius 1 is 1.28 bits per heavy atom. The minimum absolute atomic E-state index is 0.0619. The second kappa shape index (κ2) is 6.10. The van der Waals surface area contributed by atoms with Gasteiger partial charge in [0.15, 0.2) is 0 Å². The first-order valence-electron chi connectivity index (χ1n) is 5.41. The van der Waals surface area contributed by atoms with E-state index in [2.05, 4.69) is 5.32 Å². The normalized spacial score (nSPS) is 13.6.